The summed E-state index contributed by atoms with van der Waals surface area (Å²) in [5.41, 5.74) is -1.47. The Balaban J connectivity index is 1.73. The van der Waals surface area contributed by atoms with Crippen LogP contribution in [-0.4, -0.2) is 24.7 Å². The number of hydrogen-bond acceptors (Lipinski definition) is 4. The molecule has 0 spiro atoms. The van der Waals surface area contributed by atoms with Crippen molar-refractivity contribution in [3.63, 3.8) is 0 Å². The van der Waals surface area contributed by atoms with Crippen LogP contribution in [0.3, 0.4) is 0 Å². The Hall–Kier alpha value is -3.76. The van der Waals surface area contributed by atoms with E-state index in [1.54, 1.807) is 38.1 Å². The maximum atomic E-state index is 14.1. The topological polar surface area (TPSA) is 56.5 Å². The molecule has 0 atom stereocenters. The minimum absolute atomic E-state index is 0.00227. The average molecular weight is 463 g/mol. The predicted molar refractivity (Wildman–Crippen MR) is 106 cm³/mol. The number of pyridine rings is 3. The van der Waals surface area contributed by atoms with Gasteiger partial charge >= 0.3 is 6.18 Å². The zero-order valence-electron chi connectivity index (χ0n) is 17.2. The summed E-state index contributed by atoms with van der Waals surface area (Å²) in [6.45, 7) is 3.52. The Labute approximate surface area is 183 Å². The lowest BCUT2D eigenvalue weighted by molar-refractivity contribution is -0.143. The summed E-state index contributed by atoms with van der Waals surface area (Å²) in [4.78, 5) is 12.0. The van der Waals surface area contributed by atoms with Crippen molar-refractivity contribution in [3.8, 4) is 17.1 Å². The summed E-state index contributed by atoms with van der Waals surface area (Å²) in [5, 5.41) is 3.28. The highest BCUT2D eigenvalue weighted by Crippen LogP contribution is 2.33. The van der Waals surface area contributed by atoms with Crippen molar-refractivity contribution in [2.75, 3.05) is 0 Å². The minimum Gasteiger partial charge on any atom is -0.252 e. The molecule has 0 aliphatic rings. The molecule has 5 nitrogen and oxygen atoms in total. The van der Waals surface area contributed by atoms with Crippen LogP contribution >= 0.6 is 0 Å². The largest absolute Gasteiger partial charge is 0.438 e. The van der Waals surface area contributed by atoms with Crippen LogP contribution in [-0.2, 0) is 11.6 Å². The number of hydrogen-bond donors (Lipinski definition) is 0. The second-order valence-electron chi connectivity index (χ2n) is 7.65. The van der Waals surface area contributed by atoms with Crippen molar-refractivity contribution in [2.24, 2.45) is 0 Å². The monoisotopic (exact) mass is 463 g/mol. The third-order valence-electron chi connectivity index (χ3n) is 5.03. The van der Waals surface area contributed by atoms with Crippen LogP contribution in [0.2, 0.25) is 0 Å². The van der Waals surface area contributed by atoms with E-state index in [2.05, 4.69) is 20.1 Å². The normalized spacial score (nSPS) is 12.2. The lowest BCUT2D eigenvalue weighted by Gasteiger charge is -2.24. The average Bonchev–Trinajstić information content (AvgIpc) is 3.16. The standard InChI is InChI=1S/C22H15F6N5/c1-21(2,15-6-3-5-14(29-15)12-9-10-17(24)31-20(12)25)16-7-4-8-18(30-16)33-11-13(23)19(32-33)22(26,27)28/h3-11H,1-2H3. The molecule has 0 unspecified atom stereocenters. The lowest BCUT2D eigenvalue weighted by atomic mass is 9.84. The number of rotatable bonds is 4. The van der Waals surface area contributed by atoms with E-state index in [9.17, 15) is 26.3 Å². The van der Waals surface area contributed by atoms with Crippen LogP contribution in [0.4, 0.5) is 26.3 Å². The van der Waals surface area contributed by atoms with E-state index >= 15 is 0 Å². The fraction of sp³-hybridized carbons (Fsp3) is 0.182. The molecule has 4 aromatic rings. The van der Waals surface area contributed by atoms with Crippen LogP contribution in [0.15, 0.2) is 54.7 Å². The molecular weight excluding hydrogens is 448 g/mol. The van der Waals surface area contributed by atoms with Gasteiger partial charge in [-0.05, 0) is 50.2 Å². The van der Waals surface area contributed by atoms with Crippen molar-refractivity contribution in [1.82, 2.24) is 24.7 Å². The minimum atomic E-state index is -4.94. The van der Waals surface area contributed by atoms with Gasteiger partial charge in [0.25, 0.3) is 0 Å². The fourth-order valence-electron chi connectivity index (χ4n) is 3.23. The molecule has 170 valence electrons. The van der Waals surface area contributed by atoms with E-state index in [0.717, 1.165) is 6.07 Å². The zero-order chi connectivity index (χ0) is 24.0. The maximum absolute atomic E-state index is 14.1. The van der Waals surface area contributed by atoms with Crippen LogP contribution in [0, 0.1) is 17.7 Å². The van der Waals surface area contributed by atoms with Crippen molar-refractivity contribution in [1.29, 1.82) is 0 Å². The van der Waals surface area contributed by atoms with Gasteiger partial charge in [0.15, 0.2) is 11.6 Å². The van der Waals surface area contributed by atoms with Gasteiger partial charge in [0, 0.05) is 5.41 Å². The van der Waals surface area contributed by atoms with Crippen LogP contribution in [0.1, 0.15) is 30.9 Å². The first-order valence-corrected chi connectivity index (χ1v) is 9.57. The van der Waals surface area contributed by atoms with Crippen molar-refractivity contribution in [3.05, 3.63) is 89.5 Å². The second kappa shape index (κ2) is 7.98. The van der Waals surface area contributed by atoms with Gasteiger partial charge in [-0.2, -0.15) is 32.0 Å². The Kier molecular flexibility index (Phi) is 5.43. The molecule has 4 heterocycles. The third kappa shape index (κ3) is 4.30. The van der Waals surface area contributed by atoms with E-state index in [-0.39, 0.29) is 17.1 Å². The number of halogens is 6. The predicted octanol–water partition coefficient (Wildman–Crippen LogP) is 5.49. The van der Waals surface area contributed by atoms with Crippen LogP contribution < -0.4 is 0 Å². The zero-order valence-corrected chi connectivity index (χ0v) is 17.2. The van der Waals surface area contributed by atoms with E-state index in [1.165, 1.54) is 18.2 Å². The molecule has 4 rings (SSSR count). The summed E-state index contributed by atoms with van der Waals surface area (Å²) in [5.74, 6) is -3.52. The molecular formula is C22H15F6N5. The van der Waals surface area contributed by atoms with E-state index in [4.69, 9.17) is 0 Å². The Bertz CT molecular complexity index is 1330. The lowest BCUT2D eigenvalue weighted by Crippen LogP contribution is -2.23. The second-order valence-corrected chi connectivity index (χ2v) is 7.65. The van der Waals surface area contributed by atoms with Gasteiger partial charge in [-0.3, -0.25) is 4.98 Å². The molecule has 0 bridgehead atoms. The van der Waals surface area contributed by atoms with Gasteiger partial charge in [0.05, 0.1) is 28.8 Å². The number of alkyl halides is 3. The molecule has 0 N–H and O–H groups in total. The van der Waals surface area contributed by atoms with E-state index < -0.39 is 35.0 Å². The van der Waals surface area contributed by atoms with Crippen LogP contribution in [0.25, 0.3) is 17.1 Å². The highest BCUT2D eigenvalue weighted by molar-refractivity contribution is 5.59. The fourth-order valence-corrected chi connectivity index (χ4v) is 3.23. The Morgan fingerprint density at radius 3 is 2.09 bits per heavy atom. The molecule has 0 fully saturated rings. The summed E-state index contributed by atoms with van der Waals surface area (Å²) in [7, 11) is 0. The Morgan fingerprint density at radius 2 is 1.45 bits per heavy atom. The number of nitrogens with zero attached hydrogens (tertiary/aromatic N) is 5. The van der Waals surface area contributed by atoms with Gasteiger partial charge in [0.2, 0.25) is 17.6 Å². The third-order valence-corrected chi connectivity index (χ3v) is 5.03. The summed E-state index contributed by atoms with van der Waals surface area (Å²) in [6, 6.07) is 11.6. The molecule has 0 aliphatic heterocycles. The first-order chi connectivity index (χ1) is 15.5. The summed E-state index contributed by atoms with van der Waals surface area (Å²) in [6.07, 6.45) is -4.34. The highest BCUT2D eigenvalue weighted by Gasteiger charge is 2.38. The first-order valence-electron chi connectivity index (χ1n) is 9.57. The molecule has 33 heavy (non-hydrogen) atoms. The molecule has 0 saturated carbocycles. The molecule has 0 radical (unpaired) electrons. The first kappa shape index (κ1) is 22.4. The van der Waals surface area contributed by atoms with Gasteiger partial charge < -0.3 is 0 Å². The SMILES string of the molecule is CC(C)(c1cccc(-c2ccc(F)nc2F)n1)c1cccc(-n2cc(F)c(C(F)(F)F)n2)n1. The molecule has 11 heteroatoms. The van der Waals surface area contributed by atoms with Gasteiger partial charge in [-0.1, -0.05) is 12.1 Å². The molecule has 0 aliphatic carbocycles. The van der Waals surface area contributed by atoms with Crippen molar-refractivity contribution < 1.29 is 26.3 Å². The summed E-state index contributed by atoms with van der Waals surface area (Å²) >= 11 is 0. The maximum Gasteiger partial charge on any atom is 0.438 e. The molecule has 4 aromatic heterocycles. The smallest absolute Gasteiger partial charge is 0.252 e. The molecule has 0 amide bonds. The highest BCUT2D eigenvalue weighted by atomic mass is 19.4. The van der Waals surface area contributed by atoms with E-state index in [0.29, 0.717) is 22.3 Å². The molecule has 0 aromatic carbocycles. The number of aromatic nitrogens is 5. The van der Waals surface area contributed by atoms with Crippen LogP contribution in [0.5, 0.6) is 0 Å². The van der Waals surface area contributed by atoms with Crippen molar-refractivity contribution in [2.45, 2.75) is 25.4 Å². The van der Waals surface area contributed by atoms with Crippen molar-refractivity contribution >= 4 is 0 Å². The molecule has 0 saturated heterocycles. The van der Waals surface area contributed by atoms with Gasteiger partial charge in [-0.15, -0.1) is 0 Å². The van der Waals surface area contributed by atoms with Gasteiger partial charge in [0.1, 0.15) is 0 Å². The summed E-state index contributed by atoms with van der Waals surface area (Å²) < 4.78 is 80.4. The Morgan fingerprint density at radius 1 is 0.788 bits per heavy atom. The van der Waals surface area contributed by atoms with E-state index in [1.807, 2.05) is 0 Å². The quantitative estimate of drug-likeness (QED) is 0.297. The van der Waals surface area contributed by atoms with Gasteiger partial charge in [-0.25, -0.2) is 14.1 Å².